The molecule has 11 heteroatoms. The Morgan fingerprint density at radius 2 is 1.71 bits per heavy atom. The Kier molecular flexibility index (Phi) is 8.32. The summed E-state index contributed by atoms with van der Waals surface area (Å²) in [6.45, 7) is 9.87. The van der Waals surface area contributed by atoms with E-state index in [-0.39, 0.29) is 70.1 Å². The van der Waals surface area contributed by atoms with Gasteiger partial charge in [-0.25, -0.2) is 9.59 Å². The molecular weight excluding hydrogens is 546 g/mol. The zero-order valence-electron chi connectivity index (χ0n) is 25.3. The van der Waals surface area contributed by atoms with Crippen molar-refractivity contribution in [3.8, 4) is 11.5 Å². The number of hydrogen-bond acceptors (Lipinski definition) is 7. The van der Waals surface area contributed by atoms with Crippen molar-refractivity contribution in [2.24, 2.45) is 22.7 Å². The molecule has 1 heterocycles. The van der Waals surface area contributed by atoms with Crippen LogP contribution in [0, 0.1) is 29.6 Å². The maximum atomic E-state index is 13.8. The molecule has 4 N–H and O–H groups in total. The van der Waals surface area contributed by atoms with E-state index in [2.05, 4.69) is 20.8 Å². The molecule has 3 aliphatic rings. The number of aromatic carboxylic acids is 1. The lowest BCUT2D eigenvalue weighted by Gasteiger charge is -2.61. The fourth-order valence-electron chi connectivity index (χ4n) is 8.39. The molecule has 2 saturated carbocycles. The molecular formula is C31H43NO10. The summed E-state index contributed by atoms with van der Waals surface area (Å²) in [6, 6.07) is -1.48. The van der Waals surface area contributed by atoms with Crippen LogP contribution in [0.1, 0.15) is 104 Å². The summed E-state index contributed by atoms with van der Waals surface area (Å²) < 4.78 is 11.9. The average molecular weight is 590 g/mol. The number of benzene rings is 1. The molecule has 0 unspecified atom stereocenters. The van der Waals surface area contributed by atoms with Gasteiger partial charge >= 0.3 is 17.9 Å². The molecule has 5 atom stereocenters. The van der Waals surface area contributed by atoms with Gasteiger partial charge in [0.1, 0.15) is 23.1 Å². The minimum atomic E-state index is -1.48. The summed E-state index contributed by atoms with van der Waals surface area (Å²) in [5.74, 6) is -4.54. The maximum absolute atomic E-state index is 13.8. The molecule has 1 aromatic rings. The fraction of sp³-hybridized carbons (Fsp3) is 0.677. The van der Waals surface area contributed by atoms with Crippen molar-refractivity contribution in [1.82, 2.24) is 4.90 Å². The monoisotopic (exact) mass is 589 g/mol. The van der Waals surface area contributed by atoms with Crippen LogP contribution in [-0.2, 0) is 16.1 Å². The molecule has 42 heavy (non-hydrogen) atoms. The van der Waals surface area contributed by atoms with Gasteiger partial charge in [0.05, 0.1) is 24.9 Å². The van der Waals surface area contributed by atoms with Crippen LogP contribution in [0.5, 0.6) is 11.5 Å². The van der Waals surface area contributed by atoms with Crippen LogP contribution >= 0.6 is 0 Å². The third-order valence-electron chi connectivity index (χ3n) is 10.4. The van der Waals surface area contributed by atoms with E-state index in [9.17, 15) is 34.5 Å². The first kappa shape index (κ1) is 31.6. The van der Waals surface area contributed by atoms with Gasteiger partial charge in [-0.3, -0.25) is 9.59 Å². The van der Waals surface area contributed by atoms with Gasteiger partial charge in [0.2, 0.25) is 0 Å². The van der Waals surface area contributed by atoms with E-state index < -0.39 is 41.9 Å². The van der Waals surface area contributed by atoms with Crippen molar-refractivity contribution in [2.75, 3.05) is 13.7 Å². The first-order chi connectivity index (χ1) is 19.5. The Bertz CT molecular complexity index is 1300. The number of methoxy groups -OCH3 is 1. The Balaban J connectivity index is 1.79. The largest absolute Gasteiger partial charge is 0.495 e. The number of carboxylic acids is 3. The SMILES string of the molecule is COc1c(C)c(OC[C@@H]2[C@@]3(C)CCCC(C)(C)[C@@H]3CC[C@@]2(C)O)c2c(c1C(=O)O)CN([C@@H](CCC(=O)O)C(=O)O)C2=O. The number of fused-ring (bicyclic) bond motifs is 2. The summed E-state index contributed by atoms with van der Waals surface area (Å²) >= 11 is 0. The van der Waals surface area contributed by atoms with Crippen molar-refractivity contribution < 1.29 is 49.1 Å². The topological polar surface area (TPSA) is 171 Å². The molecule has 1 aliphatic heterocycles. The molecule has 0 radical (unpaired) electrons. The second-order valence-electron chi connectivity index (χ2n) is 13.4. The first-order valence-electron chi connectivity index (χ1n) is 14.6. The van der Waals surface area contributed by atoms with Gasteiger partial charge in [-0.05, 0) is 62.7 Å². The Labute approximate surface area is 245 Å². The smallest absolute Gasteiger partial charge is 0.339 e. The predicted molar refractivity (Wildman–Crippen MR) is 151 cm³/mol. The van der Waals surface area contributed by atoms with Gasteiger partial charge in [-0.2, -0.15) is 0 Å². The predicted octanol–water partition coefficient (Wildman–Crippen LogP) is 4.35. The molecule has 2 aliphatic carbocycles. The van der Waals surface area contributed by atoms with Crippen LogP contribution in [0.4, 0.5) is 0 Å². The zero-order valence-corrected chi connectivity index (χ0v) is 25.3. The van der Waals surface area contributed by atoms with Gasteiger partial charge in [0.25, 0.3) is 5.91 Å². The van der Waals surface area contributed by atoms with Gasteiger partial charge in [0, 0.05) is 30.0 Å². The lowest BCUT2D eigenvalue weighted by atomic mass is 9.46. The number of carboxylic acid groups (broad SMARTS) is 3. The number of aliphatic hydroxyl groups is 1. The number of nitrogens with zero attached hydrogens (tertiary/aromatic N) is 1. The second kappa shape index (κ2) is 11.1. The Morgan fingerprint density at radius 1 is 1.05 bits per heavy atom. The third-order valence-corrected chi connectivity index (χ3v) is 10.4. The lowest BCUT2D eigenvalue weighted by molar-refractivity contribution is -0.176. The quantitative estimate of drug-likeness (QED) is 0.308. The molecule has 2 fully saturated rings. The Morgan fingerprint density at radius 3 is 2.29 bits per heavy atom. The first-order valence-corrected chi connectivity index (χ1v) is 14.6. The number of carbonyl (C=O) groups excluding carboxylic acids is 1. The molecule has 232 valence electrons. The van der Waals surface area contributed by atoms with Crippen molar-refractivity contribution >= 4 is 23.8 Å². The van der Waals surface area contributed by atoms with Crippen LogP contribution in [0.15, 0.2) is 0 Å². The highest BCUT2D eigenvalue weighted by atomic mass is 16.5. The normalized spacial score (nSPS) is 28.9. The van der Waals surface area contributed by atoms with Crippen LogP contribution in [0.3, 0.4) is 0 Å². The highest BCUT2D eigenvalue weighted by molar-refractivity contribution is 6.08. The summed E-state index contributed by atoms with van der Waals surface area (Å²) in [5.41, 5.74) is -1.18. The van der Waals surface area contributed by atoms with E-state index in [1.807, 2.05) is 6.92 Å². The van der Waals surface area contributed by atoms with Crippen LogP contribution < -0.4 is 9.47 Å². The van der Waals surface area contributed by atoms with Crippen molar-refractivity contribution in [1.29, 1.82) is 0 Å². The van der Waals surface area contributed by atoms with E-state index >= 15 is 0 Å². The van der Waals surface area contributed by atoms with Crippen molar-refractivity contribution in [3.63, 3.8) is 0 Å². The van der Waals surface area contributed by atoms with Gasteiger partial charge in [-0.1, -0.05) is 27.2 Å². The number of ether oxygens (including phenoxy) is 2. The Hall–Kier alpha value is -3.34. The van der Waals surface area contributed by atoms with Gasteiger partial charge in [0.15, 0.2) is 0 Å². The summed E-state index contributed by atoms with van der Waals surface area (Å²) in [7, 11) is 1.31. The highest BCUT2D eigenvalue weighted by Crippen LogP contribution is 2.62. The average Bonchev–Trinajstić information content (AvgIpc) is 3.19. The highest BCUT2D eigenvalue weighted by Gasteiger charge is 2.58. The number of hydrogen-bond donors (Lipinski definition) is 4. The molecule has 11 nitrogen and oxygen atoms in total. The second-order valence-corrected chi connectivity index (χ2v) is 13.4. The van der Waals surface area contributed by atoms with E-state index in [4.69, 9.17) is 14.6 Å². The standard InChI is InChI=1S/C31H43NO10/c1-16-24(41-6)23(28(38)39)17-14-32(18(27(36)37)8-9-21(33)34)26(35)22(17)25(16)42-15-20-30(4)12-7-11-29(2,3)19(30)10-13-31(20,5)40/h18-20,40H,7-15H2,1-6H3,(H,33,34)(H,36,37)(H,38,39)/t18-,19-,20+,30-,31+/m0/s1. The molecule has 0 saturated heterocycles. The van der Waals surface area contributed by atoms with Gasteiger partial charge in [-0.15, -0.1) is 0 Å². The minimum Gasteiger partial charge on any atom is -0.495 e. The number of rotatable bonds is 10. The molecule has 0 aromatic heterocycles. The number of carbonyl (C=O) groups is 4. The van der Waals surface area contributed by atoms with Crippen molar-refractivity contribution in [3.05, 3.63) is 22.3 Å². The molecule has 4 rings (SSSR count). The van der Waals surface area contributed by atoms with E-state index in [0.717, 1.165) is 30.6 Å². The van der Waals surface area contributed by atoms with E-state index in [0.29, 0.717) is 12.3 Å². The van der Waals surface area contributed by atoms with Crippen LogP contribution in [-0.4, -0.2) is 74.5 Å². The van der Waals surface area contributed by atoms with Crippen LogP contribution in [0.25, 0.3) is 0 Å². The fourth-order valence-corrected chi connectivity index (χ4v) is 8.39. The van der Waals surface area contributed by atoms with Crippen LogP contribution in [0.2, 0.25) is 0 Å². The van der Waals surface area contributed by atoms with E-state index in [1.54, 1.807) is 6.92 Å². The summed E-state index contributed by atoms with van der Waals surface area (Å²) in [4.78, 5) is 50.6. The minimum absolute atomic E-state index is 0.00148. The summed E-state index contributed by atoms with van der Waals surface area (Å²) in [5, 5.41) is 40.7. The zero-order chi connectivity index (χ0) is 31.4. The number of amides is 1. The van der Waals surface area contributed by atoms with Crippen molar-refractivity contribution in [2.45, 2.75) is 97.8 Å². The molecule has 1 aromatic carbocycles. The maximum Gasteiger partial charge on any atom is 0.339 e. The molecule has 0 spiro atoms. The third kappa shape index (κ3) is 5.20. The van der Waals surface area contributed by atoms with Gasteiger partial charge < -0.3 is 34.8 Å². The lowest BCUT2D eigenvalue weighted by Crippen LogP contribution is -2.59. The summed E-state index contributed by atoms with van der Waals surface area (Å²) in [6.07, 6.45) is 3.69. The number of aliphatic carboxylic acids is 2. The molecule has 0 bridgehead atoms. The molecule has 1 amide bonds. The van der Waals surface area contributed by atoms with E-state index in [1.165, 1.54) is 7.11 Å².